The fraction of sp³-hybridized carbons (Fsp3) is 0.615. The highest BCUT2D eigenvalue weighted by molar-refractivity contribution is 7.11. The number of aryl methyl sites for hydroxylation is 1. The minimum Gasteiger partial charge on any atom is -0.481 e. The van der Waals surface area contributed by atoms with E-state index in [1.807, 2.05) is 6.92 Å². The minimum atomic E-state index is -0.799. The van der Waals surface area contributed by atoms with Crippen molar-refractivity contribution < 1.29 is 14.7 Å². The van der Waals surface area contributed by atoms with Crippen molar-refractivity contribution in [3.63, 3.8) is 0 Å². The van der Waals surface area contributed by atoms with E-state index in [1.54, 1.807) is 17.5 Å². The highest BCUT2D eigenvalue weighted by atomic mass is 32.1. The highest BCUT2D eigenvalue weighted by Crippen LogP contribution is 2.43. The summed E-state index contributed by atoms with van der Waals surface area (Å²) < 4.78 is 0. The van der Waals surface area contributed by atoms with Crippen molar-refractivity contribution in [2.45, 2.75) is 39.2 Å². The Hall–Kier alpha value is -1.63. The molecule has 0 unspecified atom stereocenters. The average Bonchev–Trinajstić information content (AvgIpc) is 2.75. The lowest BCUT2D eigenvalue weighted by Crippen LogP contribution is -2.46. The Kier molecular flexibility index (Phi) is 4.59. The molecule has 110 valence electrons. The van der Waals surface area contributed by atoms with E-state index < -0.39 is 5.97 Å². The van der Waals surface area contributed by atoms with Crippen molar-refractivity contribution in [2.75, 3.05) is 6.54 Å². The fourth-order valence-electron chi connectivity index (χ4n) is 2.40. The zero-order valence-electron chi connectivity index (χ0n) is 11.4. The molecule has 1 heterocycles. The Balaban J connectivity index is 1.73. The van der Waals surface area contributed by atoms with Crippen LogP contribution in [-0.4, -0.2) is 28.6 Å². The zero-order valence-corrected chi connectivity index (χ0v) is 12.3. The van der Waals surface area contributed by atoms with E-state index >= 15 is 0 Å². The third-order valence-corrected chi connectivity index (χ3v) is 4.57. The molecule has 3 N–H and O–H groups in total. The second-order valence-corrected chi connectivity index (χ2v) is 6.63. The van der Waals surface area contributed by atoms with Crippen LogP contribution in [-0.2, 0) is 11.3 Å². The summed E-state index contributed by atoms with van der Waals surface area (Å²) in [6.45, 7) is 2.79. The lowest BCUT2D eigenvalue weighted by atomic mass is 9.66. The van der Waals surface area contributed by atoms with Gasteiger partial charge in [0.25, 0.3) is 0 Å². The molecule has 1 aromatic heterocycles. The van der Waals surface area contributed by atoms with Gasteiger partial charge >= 0.3 is 12.0 Å². The van der Waals surface area contributed by atoms with Crippen molar-refractivity contribution in [3.8, 4) is 0 Å². The summed E-state index contributed by atoms with van der Waals surface area (Å²) >= 11 is 1.55. The molecule has 1 aliphatic carbocycles. The van der Waals surface area contributed by atoms with Gasteiger partial charge in [-0.2, -0.15) is 0 Å². The standard InChI is InChI=1S/C13H19N3O3S/c1-9-14-6-10(20-9)7-15-12(19)16-8-13(3-2-4-13)5-11(17)18/h6H,2-5,7-8H2,1H3,(H,17,18)(H2,15,16,19). The molecule has 1 fully saturated rings. The molecule has 0 aromatic carbocycles. The van der Waals surface area contributed by atoms with Crippen LogP contribution in [0, 0.1) is 12.3 Å². The number of aliphatic carboxylic acids is 1. The molecule has 1 saturated carbocycles. The summed E-state index contributed by atoms with van der Waals surface area (Å²) in [5.74, 6) is -0.799. The van der Waals surface area contributed by atoms with Crippen molar-refractivity contribution in [1.29, 1.82) is 0 Å². The lowest BCUT2D eigenvalue weighted by molar-refractivity contribution is -0.141. The number of urea groups is 1. The molecule has 0 radical (unpaired) electrons. The number of thiazole rings is 1. The Morgan fingerprint density at radius 1 is 1.45 bits per heavy atom. The molecule has 0 spiro atoms. The van der Waals surface area contributed by atoms with E-state index in [2.05, 4.69) is 15.6 Å². The van der Waals surface area contributed by atoms with Gasteiger partial charge in [0.15, 0.2) is 0 Å². The monoisotopic (exact) mass is 297 g/mol. The summed E-state index contributed by atoms with van der Waals surface area (Å²) in [6, 6.07) is -0.257. The van der Waals surface area contributed by atoms with Gasteiger partial charge < -0.3 is 15.7 Å². The first kappa shape index (κ1) is 14.8. The summed E-state index contributed by atoms with van der Waals surface area (Å²) in [4.78, 5) is 27.7. The molecule has 0 saturated heterocycles. The van der Waals surface area contributed by atoms with Crippen LogP contribution in [0.5, 0.6) is 0 Å². The van der Waals surface area contributed by atoms with Crippen LogP contribution >= 0.6 is 11.3 Å². The number of hydrogen-bond donors (Lipinski definition) is 3. The third kappa shape index (κ3) is 3.93. The molecule has 6 nitrogen and oxygen atoms in total. The van der Waals surface area contributed by atoms with Crippen LogP contribution in [0.1, 0.15) is 35.6 Å². The Morgan fingerprint density at radius 3 is 2.70 bits per heavy atom. The minimum absolute atomic E-state index is 0.126. The van der Waals surface area contributed by atoms with Crippen molar-refractivity contribution in [2.24, 2.45) is 5.41 Å². The van der Waals surface area contributed by atoms with E-state index in [-0.39, 0.29) is 17.9 Å². The highest BCUT2D eigenvalue weighted by Gasteiger charge is 2.39. The van der Waals surface area contributed by atoms with Gasteiger partial charge in [0, 0.05) is 17.6 Å². The number of carboxylic acid groups (broad SMARTS) is 1. The van der Waals surface area contributed by atoms with Crippen LogP contribution in [0.4, 0.5) is 4.79 Å². The molecule has 1 aliphatic rings. The maximum absolute atomic E-state index is 11.7. The van der Waals surface area contributed by atoms with Gasteiger partial charge in [0.1, 0.15) is 0 Å². The number of carbonyl (C=O) groups excluding carboxylic acids is 1. The predicted octanol–water partition coefficient (Wildman–Crippen LogP) is 1.90. The molecule has 0 aliphatic heterocycles. The van der Waals surface area contributed by atoms with E-state index in [1.165, 1.54) is 0 Å². The molecular formula is C13H19N3O3S. The van der Waals surface area contributed by atoms with Crippen molar-refractivity contribution in [3.05, 3.63) is 16.1 Å². The quantitative estimate of drug-likeness (QED) is 0.748. The van der Waals surface area contributed by atoms with Crippen molar-refractivity contribution >= 4 is 23.3 Å². The molecule has 2 amide bonds. The smallest absolute Gasteiger partial charge is 0.315 e. The Labute approximate surface area is 121 Å². The first-order chi connectivity index (χ1) is 9.49. The number of rotatable bonds is 6. The number of hydrogen-bond acceptors (Lipinski definition) is 4. The molecule has 7 heteroatoms. The van der Waals surface area contributed by atoms with Crippen LogP contribution in [0.2, 0.25) is 0 Å². The third-order valence-electron chi connectivity index (χ3n) is 3.66. The lowest BCUT2D eigenvalue weighted by Gasteiger charge is -2.40. The van der Waals surface area contributed by atoms with Gasteiger partial charge in [0.05, 0.1) is 18.0 Å². The molecule has 1 aromatic rings. The van der Waals surface area contributed by atoms with Gasteiger partial charge in [-0.05, 0) is 25.2 Å². The van der Waals surface area contributed by atoms with E-state index in [4.69, 9.17) is 5.11 Å². The summed E-state index contributed by atoms with van der Waals surface area (Å²) in [6.07, 6.45) is 4.65. The number of carboxylic acids is 1. The molecule has 20 heavy (non-hydrogen) atoms. The van der Waals surface area contributed by atoms with Gasteiger partial charge in [-0.15, -0.1) is 11.3 Å². The molecule has 0 bridgehead atoms. The zero-order chi connectivity index (χ0) is 14.6. The summed E-state index contributed by atoms with van der Waals surface area (Å²) in [5.41, 5.74) is -0.246. The number of nitrogens with one attached hydrogen (secondary N) is 2. The second kappa shape index (κ2) is 6.21. The first-order valence-corrected chi connectivity index (χ1v) is 7.46. The van der Waals surface area contributed by atoms with Crippen LogP contribution in [0.3, 0.4) is 0 Å². The van der Waals surface area contributed by atoms with Crippen LogP contribution < -0.4 is 10.6 Å². The van der Waals surface area contributed by atoms with Crippen molar-refractivity contribution in [1.82, 2.24) is 15.6 Å². The maximum atomic E-state index is 11.7. The van der Waals surface area contributed by atoms with E-state index in [0.29, 0.717) is 13.1 Å². The fourth-order valence-corrected chi connectivity index (χ4v) is 3.13. The van der Waals surface area contributed by atoms with Crippen LogP contribution in [0.15, 0.2) is 6.20 Å². The maximum Gasteiger partial charge on any atom is 0.315 e. The normalized spacial score (nSPS) is 16.2. The molecule has 0 atom stereocenters. The van der Waals surface area contributed by atoms with Gasteiger partial charge in [-0.1, -0.05) is 6.42 Å². The number of nitrogens with zero attached hydrogens (tertiary/aromatic N) is 1. The Bertz CT molecular complexity index is 497. The second-order valence-electron chi connectivity index (χ2n) is 5.31. The predicted molar refractivity (Wildman–Crippen MR) is 75.6 cm³/mol. The van der Waals surface area contributed by atoms with Gasteiger partial charge in [-0.3, -0.25) is 4.79 Å². The van der Waals surface area contributed by atoms with Gasteiger partial charge in [-0.25, -0.2) is 9.78 Å². The SMILES string of the molecule is Cc1ncc(CNC(=O)NCC2(CC(=O)O)CCC2)s1. The van der Waals surface area contributed by atoms with E-state index in [0.717, 1.165) is 29.1 Å². The topological polar surface area (TPSA) is 91.3 Å². The molecule has 2 rings (SSSR count). The summed E-state index contributed by atoms with van der Waals surface area (Å²) in [7, 11) is 0. The first-order valence-electron chi connectivity index (χ1n) is 6.64. The van der Waals surface area contributed by atoms with E-state index in [9.17, 15) is 9.59 Å². The van der Waals surface area contributed by atoms with Gasteiger partial charge in [0.2, 0.25) is 0 Å². The summed E-state index contributed by atoms with van der Waals surface area (Å²) in [5, 5.41) is 15.4. The molecular weight excluding hydrogens is 278 g/mol. The number of amides is 2. The average molecular weight is 297 g/mol. The van der Waals surface area contributed by atoms with Crippen LogP contribution in [0.25, 0.3) is 0 Å². The largest absolute Gasteiger partial charge is 0.481 e. The number of aromatic nitrogens is 1. The Morgan fingerprint density at radius 2 is 2.20 bits per heavy atom. The number of carbonyl (C=O) groups is 2.